The predicted octanol–water partition coefficient (Wildman–Crippen LogP) is -1.10. The van der Waals surface area contributed by atoms with Gasteiger partial charge in [-0.1, -0.05) is 24.3 Å². The van der Waals surface area contributed by atoms with Crippen molar-refractivity contribution >= 4 is 20.4 Å². The third kappa shape index (κ3) is 4.80. The van der Waals surface area contributed by atoms with Crippen LogP contribution in [0.2, 0.25) is 0 Å². The van der Waals surface area contributed by atoms with Crippen LogP contribution in [-0.4, -0.2) is 71.9 Å². The molecule has 1 saturated heterocycles. The van der Waals surface area contributed by atoms with Gasteiger partial charge in [0.2, 0.25) is 5.79 Å². The van der Waals surface area contributed by atoms with Crippen LogP contribution in [0.15, 0.2) is 67.3 Å². The highest BCUT2D eigenvalue weighted by atomic mass is 16.7. The van der Waals surface area contributed by atoms with Crippen molar-refractivity contribution in [3.63, 3.8) is 0 Å². The van der Waals surface area contributed by atoms with E-state index < -0.39 is 52.3 Å². The van der Waals surface area contributed by atoms with E-state index in [0.29, 0.717) is 0 Å². The molecule has 2 aromatic heterocycles. The molecule has 204 valence electrons. The largest absolute Gasteiger partial charge is 0.494 e. The highest BCUT2D eigenvalue weighted by molar-refractivity contribution is 6.62. The Morgan fingerprint density at radius 2 is 1.10 bits per heavy atom. The summed E-state index contributed by atoms with van der Waals surface area (Å²) >= 11 is 0. The second kappa shape index (κ2) is 9.44. The third-order valence-electron chi connectivity index (χ3n) is 7.47. The third-order valence-corrected chi connectivity index (χ3v) is 7.47. The van der Waals surface area contributed by atoms with Gasteiger partial charge in [0.15, 0.2) is 0 Å². The van der Waals surface area contributed by atoms with E-state index in [2.05, 4.69) is 9.97 Å². The molecule has 7 N–H and O–H groups in total. The second-order valence-corrected chi connectivity index (χ2v) is 10.7. The molecule has 1 aliphatic rings. The average molecular weight is 536 g/mol. The summed E-state index contributed by atoms with van der Waals surface area (Å²) in [7, 11) is 4.95. The standard InChI is InChI=1S/C26H30B2N2O9/c1-21(2)22(3,4)39-28(38-21)20-12-18(23(27,31)24(32,33)16-7-5-9-29-14-16)11-19(13-20)26(36,37)25(34,35)17-8-6-10-30-15-17/h5-15,31-37H,1-4H3. The number of benzene rings is 1. The lowest BCUT2D eigenvalue weighted by atomic mass is 9.65. The van der Waals surface area contributed by atoms with Gasteiger partial charge in [0, 0.05) is 41.5 Å². The molecule has 1 aromatic carbocycles. The maximum absolute atomic E-state index is 11.3. The molecule has 3 aromatic rings. The van der Waals surface area contributed by atoms with Gasteiger partial charge in [-0.3, -0.25) is 9.97 Å². The molecule has 1 unspecified atom stereocenters. The minimum absolute atomic E-state index is 0.0569. The van der Waals surface area contributed by atoms with E-state index in [0.717, 1.165) is 24.5 Å². The first-order valence-electron chi connectivity index (χ1n) is 12.0. The Balaban J connectivity index is 1.91. The quantitative estimate of drug-likeness (QED) is 0.144. The summed E-state index contributed by atoms with van der Waals surface area (Å²) < 4.78 is 12.1. The lowest BCUT2D eigenvalue weighted by Crippen LogP contribution is -2.52. The van der Waals surface area contributed by atoms with Crippen molar-refractivity contribution in [3.05, 3.63) is 89.5 Å². The lowest BCUT2D eigenvalue weighted by molar-refractivity contribution is -0.375. The molecule has 0 spiro atoms. The first-order valence-corrected chi connectivity index (χ1v) is 12.0. The summed E-state index contributed by atoms with van der Waals surface area (Å²) in [5.41, 5.74) is -6.28. The average Bonchev–Trinajstić information content (AvgIpc) is 3.11. The Hall–Kier alpha value is -2.71. The minimum Gasteiger partial charge on any atom is -0.399 e. The fraction of sp³-hybridized carbons (Fsp3) is 0.385. The van der Waals surface area contributed by atoms with Gasteiger partial charge in [0.1, 0.15) is 13.3 Å². The van der Waals surface area contributed by atoms with Crippen LogP contribution in [0.4, 0.5) is 0 Å². The van der Waals surface area contributed by atoms with E-state index in [4.69, 9.17) is 17.2 Å². The van der Waals surface area contributed by atoms with Gasteiger partial charge >= 0.3 is 7.12 Å². The van der Waals surface area contributed by atoms with Gasteiger partial charge in [-0.25, -0.2) is 0 Å². The van der Waals surface area contributed by atoms with Gasteiger partial charge in [-0.05, 0) is 56.9 Å². The zero-order chi connectivity index (χ0) is 29.1. The second-order valence-electron chi connectivity index (χ2n) is 10.7. The number of aromatic nitrogens is 2. The van der Waals surface area contributed by atoms with Crippen LogP contribution < -0.4 is 5.46 Å². The molecule has 2 radical (unpaired) electrons. The predicted molar refractivity (Wildman–Crippen MR) is 139 cm³/mol. The summed E-state index contributed by atoms with van der Waals surface area (Å²) in [4.78, 5) is 7.59. The molecule has 0 bridgehead atoms. The number of pyridine rings is 2. The van der Waals surface area contributed by atoms with Crippen molar-refractivity contribution in [2.45, 2.75) is 61.8 Å². The van der Waals surface area contributed by atoms with Crippen molar-refractivity contribution < 1.29 is 45.1 Å². The van der Waals surface area contributed by atoms with E-state index in [1.807, 2.05) is 0 Å². The van der Waals surface area contributed by atoms with E-state index >= 15 is 0 Å². The Bertz CT molecular complexity index is 1240. The SMILES string of the molecule is [B]C(O)(c1cc(B2OC(C)(C)C(C)(C)O2)cc(C(O)(O)C(O)(O)c2cccnc2)c1)C(O)(O)c1cccnc1. The van der Waals surface area contributed by atoms with E-state index in [1.165, 1.54) is 42.7 Å². The molecule has 3 heterocycles. The summed E-state index contributed by atoms with van der Waals surface area (Å²) in [5.74, 6) is -9.90. The number of aliphatic hydroxyl groups is 7. The van der Waals surface area contributed by atoms with Crippen molar-refractivity contribution in [1.82, 2.24) is 9.97 Å². The van der Waals surface area contributed by atoms with E-state index in [1.54, 1.807) is 27.7 Å². The fourth-order valence-electron chi connectivity index (χ4n) is 4.15. The van der Waals surface area contributed by atoms with Crippen LogP contribution in [0, 0.1) is 0 Å². The molecule has 4 rings (SSSR count). The molecular formula is C26H30B2N2O9. The monoisotopic (exact) mass is 536 g/mol. The smallest absolute Gasteiger partial charge is 0.399 e. The van der Waals surface area contributed by atoms with Gasteiger partial charge in [-0.2, -0.15) is 0 Å². The van der Waals surface area contributed by atoms with Crippen molar-refractivity contribution in [2.24, 2.45) is 0 Å². The van der Waals surface area contributed by atoms with Crippen molar-refractivity contribution in [1.29, 1.82) is 0 Å². The van der Waals surface area contributed by atoms with Crippen LogP contribution in [0.25, 0.3) is 0 Å². The number of nitrogens with zero attached hydrogens (tertiary/aromatic N) is 2. The van der Waals surface area contributed by atoms with Crippen molar-refractivity contribution in [3.8, 4) is 0 Å². The van der Waals surface area contributed by atoms with Crippen LogP contribution in [0.1, 0.15) is 49.9 Å². The molecule has 39 heavy (non-hydrogen) atoms. The fourth-order valence-corrected chi connectivity index (χ4v) is 4.15. The minimum atomic E-state index is -3.44. The van der Waals surface area contributed by atoms with Gasteiger partial charge < -0.3 is 45.1 Å². The molecule has 0 saturated carbocycles. The van der Waals surface area contributed by atoms with Crippen LogP contribution >= 0.6 is 0 Å². The summed E-state index contributed by atoms with van der Waals surface area (Å²) in [6.45, 7) is 7.12. The molecule has 0 amide bonds. The zero-order valence-corrected chi connectivity index (χ0v) is 21.8. The molecule has 11 nitrogen and oxygen atoms in total. The molecule has 1 aliphatic heterocycles. The number of hydrogen-bond donors (Lipinski definition) is 7. The lowest BCUT2D eigenvalue weighted by Gasteiger charge is -2.40. The Morgan fingerprint density at radius 1 is 0.667 bits per heavy atom. The summed E-state index contributed by atoms with van der Waals surface area (Å²) in [5, 5.41) is 77.3. The molecule has 13 heteroatoms. The van der Waals surface area contributed by atoms with E-state index in [-0.39, 0.29) is 16.6 Å². The van der Waals surface area contributed by atoms with Crippen molar-refractivity contribution in [2.75, 3.05) is 0 Å². The molecule has 0 aliphatic carbocycles. The van der Waals surface area contributed by atoms with E-state index in [9.17, 15) is 35.7 Å². The highest BCUT2D eigenvalue weighted by Gasteiger charge is 2.55. The molecule has 1 fully saturated rings. The Kier molecular flexibility index (Phi) is 7.09. The summed E-state index contributed by atoms with van der Waals surface area (Å²) in [6, 6.07) is 8.49. The normalized spacial score (nSPS) is 19.1. The maximum Gasteiger partial charge on any atom is 0.494 e. The van der Waals surface area contributed by atoms with Crippen LogP contribution in [0.3, 0.4) is 0 Å². The maximum atomic E-state index is 11.3. The van der Waals surface area contributed by atoms with Gasteiger partial charge in [0.05, 0.1) is 11.2 Å². The first-order chi connectivity index (χ1) is 17.8. The first kappa shape index (κ1) is 29.3. The number of rotatable bonds is 7. The summed E-state index contributed by atoms with van der Waals surface area (Å²) in [6.07, 6.45) is 4.82. The highest BCUT2D eigenvalue weighted by Crippen LogP contribution is 2.42. The van der Waals surface area contributed by atoms with Gasteiger partial charge in [-0.15, -0.1) is 0 Å². The molecular weight excluding hydrogens is 506 g/mol. The molecule has 1 atom stereocenters. The zero-order valence-electron chi connectivity index (χ0n) is 21.8. The topological polar surface area (TPSA) is 186 Å². The Labute approximate surface area is 226 Å². The number of hydrogen-bond acceptors (Lipinski definition) is 11. The van der Waals surface area contributed by atoms with Gasteiger partial charge in [0.25, 0.3) is 11.6 Å². The Morgan fingerprint density at radius 3 is 1.56 bits per heavy atom. The van der Waals surface area contributed by atoms with Crippen LogP contribution in [0.5, 0.6) is 0 Å². The van der Waals surface area contributed by atoms with Crippen LogP contribution in [-0.2, 0) is 32.2 Å².